The van der Waals surface area contributed by atoms with Gasteiger partial charge in [-0.25, -0.2) is 0 Å². The van der Waals surface area contributed by atoms with Crippen LogP contribution in [-0.4, -0.2) is 56.3 Å². The molecular weight excluding hydrogens is 238 g/mol. The first-order valence-corrected chi connectivity index (χ1v) is 7.77. The van der Waals surface area contributed by atoms with Crippen molar-refractivity contribution in [2.45, 2.75) is 26.7 Å². The van der Waals surface area contributed by atoms with E-state index >= 15 is 0 Å². The Hall–Kier alpha value is -0.170. The number of rotatable bonds is 2. The van der Waals surface area contributed by atoms with Gasteiger partial charge in [0.1, 0.15) is 0 Å². The second-order valence-corrected chi connectivity index (χ2v) is 7.69. The molecule has 0 amide bonds. The maximum Gasteiger partial charge on any atom is 0.282 e. The van der Waals surface area contributed by atoms with E-state index in [1.807, 2.05) is 0 Å². The molecule has 0 aliphatic carbocycles. The molecule has 2 aliphatic heterocycles. The third-order valence-corrected chi connectivity index (χ3v) is 5.58. The molecule has 0 atom stereocenters. The fourth-order valence-electron chi connectivity index (χ4n) is 2.60. The second kappa shape index (κ2) is 4.84. The van der Waals surface area contributed by atoms with Crippen molar-refractivity contribution in [3.63, 3.8) is 0 Å². The standard InChI is InChI=1S/C11H23N3O2S/c1-11(2)4-3-7-14(10-11)17(15,16)13-8-5-12-6-9-13/h12H,3-10H2,1-2H3. The van der Waals surface area contributed by atoms with Gasteiger partial charge in [0.15, 0.2) is 0 Å². The van der Waals surface area contributed by atoms with Gasteiger partial charge in [0.2, 0.25) is 0 Å². The summed E-state index contributed by atoms with van der Waals surface area (Å²) in [6.45, 7) is 8.33. The molecule has 0 radical (unpaired) electrons. The smallest absolute Gasteiger partial charge is 0.282 e. The first-order valence-electron chi connectivity index (χ1n) is 6.38. The zero-order valence-electron chi connectivity index (χ0n) is 10.8. The van der Waals surface area contributed by atoms with Crippen molar-refractivity contribution in [3.8, 4) is 0 Å². The van der Waals surface area contributed by atoms with E-state index in [1.165, 1.54) is 0 Å². The highest BCUT2D eigenvalue weighted by Crippen LogP contribution is 2.30. The topological polar surface area (TPSA) is 52.7 Å². The molecule has 2 aliphatic rings. The molecule has 0 bridgehead atoms. The zero-order valence-corrected chi connectivity index (χ0v) is 11.6. The largest absolute Gasteiger partial charge is 0.314 e. The number of nitrogens with one attached hydrogen (secondary N) is 1. The van der Waals surface area contributed by atoms with Gasteiger partial charge in [0, 0.05) is 39.3 Å². The summed E-state index contributed by atoms with van der Waals surface area (Å²) in [4.78, 5) is 0. The molecule has 17 heavy (non-hydrogen) atoms. The van der Waals surface area contributed by atoms with Gasteiger partial charge in [-0.3, -0.25) is 0 Å². The molecule has 5 nitrogen and oxygen atoms in total. The van der Waals surface area contributed by atoms with Crippen LogP contribution in [0.15, 0.2) is 0 Å². The van der Waals surface area contributed by atoms with E-state index in [0.717, 1.165) is 25.9 Å². The Labute approximate surface area is 104 Å². The van der Waals surface area contributed by atoms with E-state index in [1.54, 1.807) is 8.61 Å². The number of piperidine rings is 1. The maximum atomic E-state index is 12.5. The molecule has 2 rings (SSSR count). The van der Waals surface area contributed by atoms with Crippen LogP contribution in [0.2, 0.25) is 0 Å². The molecule has 100 valence electrons. The first kappa shape index (κ1) is 13.3. The van der Waals surface area contributed by atoms with Gasteiger partial charge in [-0.2, -0.15) is 17.0 Å². The Morgan fingerprint density at radius 1 is 1.06 bits per heavy atom. The fraction of sp³-hybridized carbons (Fsp3) is 1.00. The number of hydrogen-bond donors (Lipinski definition) is 1. The lowest BCUT2D eigenvalue weighted by Crippen LogP contribution is -2.54. The number of nitrogens with zero attached hydrogens (tertiary/aromatic N) is 2. The summed E-state index contributed by atoms with van der Waals surface area (Å²) in [5.41, 5.74) is 0.110. The van der Waals surface area contributed by atoms with E-state index in [9.17, 15) is 8.42 Å². The minimum Gasteiger partial charge on any atom is -0.314 e. The van der Waals surface area contributed by atoms with Crippen LogP contribution in [0.5, 0.6) is 0 Å². The van der Waals surface area contributed by atoms with Gasteiger partial charge in [-0.15, -0.1) is 0 Å². The Kier molecular flexibility index (Phi) is 3.77. The Balaban J connectivity index is 2.09. The Morgan fingerprint density at radius 2 is 1.71 bits per heavy atom. The molecule has 2 heterocycles. The lowest BCUT2D eigenvalue weighted by atomic mass is 9.85. The van der Waals surface area contributed by atoms with Crippen LogP contribution in [-0.2, 0) is 10.2 Å². The average molecular weight is 261 g/mol. The molecule has 0 unspecified atom stereocenters. The average Bonchev–Trinajstić information content (AvgIpc) is 2.29. The predicted octanol–water partition coefficient (Wildman–Crippen LogP) is 0.258. The third-order valence-electron chi connectivity index (χ3n) is 3.59. The summed E-state index contributed by atoms with van der Waals surface area (Å²) in [6.07, 6.45) is 2.08. The highest BCUT2D eigenvalue weighted by atomic mass is 32.2. The van der Waals surface area contributed by atoms with Crippen molar-refractivity contribution in [2.24, 2.45) is 5.41 Å². The summed E-state index contributed by atoms with van der Waals surface area (Å²) in [5, 5.41) is 3.18. The highest BCUT2D eigenvalue weighted by Gasteiger charge is 2.36. The molecular formula is C11H23N3O2S. The summed E-state index contributed by atoms with van der Waals surface area (Å²) in [6, 6.07) is 0. The van der Waals surface area contributed by atoms with Crippen LogP contribution in [0.3, 0.4) is 0 Å². The summed E-state index contributed by atoms with van der Waals surface area (Å²) in [5.74, 6) is 0. The Bertz CT molecular complexity index is 361. The molecule has 2 saturated heterocycles. The van der Waals surface area contributed by atoms with Crippen LogP contribution < -0.4 is 5.32 Å². The summed E-state index contributed by atoms with van der Waals surface area (Å²) in [7, 11) is -3.23. The zero-order chi connectivity index (χ0) is 12.5. The lowest BCUT2D eigenvalue weighted by molar-refractivity contribution is 0.175. The van der Waals surface area contributed by atoms with Crippen molar-refractivity contribution < 1.29 is 8.42 Å². The first-order chi connectivity index (χ1) is 7.92. The predicted molar refractivity (Wildman–Crippen MR) is 68.0 cm³/mol. The van der Waals surface area contributed by atoms with Gasteiger partial charge in [-0.05, 0) is 18.3 Å². The number of piperazine rings is 1. The quantitative estimate of drug-likeness (QED) is 0.776. The van der Waals surface area contributed by atoms with Crippen LogP contribution in [0.1, 0.15) is 26.7 Å². The van der Waals surface area contributed by atoms with Crippen LogP contribution in [0.4, 0.5) is 0 Å². The van der Waals surface area contributed by atoms with Crippen LogP contribution in [0, 0.1) is 5.41 Å². The van der Waals surface area contributed by atoms with Crippen molar-refractivity contribution in [1.29, 1.82) is 0 Å². The van der Waals surface area contributed by atoms with Gasteiger partial charge in [0.25, 0.3) is 10.2 Å². The van der Waals surface area contributed by atoms with E-state index in [0.29, 0.717) is 26.2 Å². The second-order valence-electron chi connectivity index (χ2n) is 5.76. The van der Waals surface area contributed by atoms with Crippen molar-refractivity contribution in [1.82, 2.24) is 13.9 Å². The molecule has 2 fully saturated rings. The lowest BCUT2D eigenvalue weighted by Gasteiger charge is -2.40. The van der Waals surface area contributed by atoms with Gasteiger partial charge >= 0.3 is 0 Å². The van der Waals surface area contributed by atoms with E-state index in [4.69, 9.17) is 0 Å². The number of hydrogen-bond acceptors (Lipinski definition) is 3. The monoisotopic (exact) mass is 261 g/mol. The molecule has 1 N–H and O–H groups in total. The highest BCUT2D eigenvalue weighted by molar-refractivity contribution is 7.86. The SMILES string of the molecule is CC1(C)CCCN(S(=O)(=O)N2CCNCC2)C1. The molecule has 0 spiro atoms. The van der Waals surface area contributed by atoms with Crippen LogP contribution in [0.25, 0.3) is 0 Å². The van der Waals surface area contributed by atoms with E-state index in [-0.39, 0.29) is 5.41 Å². The molecule has 0 aromatic heterocycles. The van der Waals surface area contributed by atoms with Crippen molar-refractivity contribution in [3.05, 3.63) is 0 Å². The van der Waals surface area contributed by atoms with E-state index in [2.05, 4.69) is 19.2 Å². The maximum absolute atomic E-state index is 12.5. The van der Waals surface area contributed by atoms with Crippen LogP contribution >= 0.6 is 0 Å². The van der Waals surface area contributed by atoms with Gasteiger partial charge in [0.05, 0.1) is 0 Å². The van der Waals surface area contributed by atoms with Crippen molar-refractivity contribution >= 4 is 10.2 Å². The minimum atomic E-state index is -3.23. The van der Waals surface area contributed by atoms with Crippen molar-refractivity contribution in [2.75, 3.05) is 39.3 Å². The summed E-state index contributed by atoms with van der Waals surface area (Å²) < 4.78 is 28.2. The molecule has 0 aromatic rings. The van der Waals surface area contributed by atoms with E-state index < -0.39 is 10.2 Å². The van der Waals surface area contributed by atoms with Gasteiger partial charge in [-0.1, -0.05) is 13.8 Å². The molecule has 0 saturated carbocycles. The third kappa shape index (κ3) is 2.99. The van der Waals surface area contributed by atoms with Gasteiger partial charge < -0.3 is 5.32 Å². The Morgan fingerprint density at radius 3 is 2.29 bits per heavy atom. The summed E-state index contributed by atoms with van der Waals surface area (Å²) >= 11 is 0. The molecule has 0 aromatic carbocycles. The fourth-order valence-corrected chi connectivity index (χ4v) is 4.45. The normalized spacial score (nSPS) is 28.1. The molecule has 6 heteroatoms. The minimum absolute atomic E-state index is 0.110.